The number of aliphatic carboxylic acids is 1. The van der Waals surface area contributed by atoms with Crippen molar-refractivity contribution in [2.24, 2.45) is 5.73 Å². The topological polar surface area (TPSA) is 122 Å². The summed E-state index contributed by atoms with van der Waals surface area (Å²) in [6.45, 7) is 1.45. The van der Waals surface area contributed by atoms with Crippen molar-refractivity contribution in [1.82, 2.24) is 10.2 Å². The zero-order valence-electron chi connectivity index (χ0n) is 15.6. The largest absolute Gasteiger partial charge is 0.481 e. The third kappa shape index (κ3) is 7.54. The zero-order chi connectivity index (χ0) is 20.6. The summed E-state index contributed by atoms with van der Waals surface area (Å²) in [7, 11) is 2.91. The highest BCUT2D eigenvalue weighted by atomic mass is 35.5. The highest BCUT2D eigenvalue weighted by molar-refractivity contribution is 6.30. The number of hydrogen-bond donors (Lipinski definition) is 3. The van der Waals surface area contributed by atoms with E-state index in [1.54, 1.807) is 24.3 Å². The van der Waals surface area contributed by atoms with Crippen LogP contribution in [0.2, 0.25) is 5.02 Å². The van der Waals surface area contributed by atoms with Crippen LogP contribution >= 0.6 is 11.6 Å². The van der Waals surface area contributed by atoms with Crippen LogP contribution in [0, 0.1) is 0 Å². The Hall–Kier alpha value is -2.16. The number of methoxy groups -OCH3 is 1. The molecule has 0 aliphatic rings. The van der Waals surface area contributed by atoms with Crippen LogP contribution in [-0.2, 0) is 25.5 Å². The lowest BCUT2D eigenvalue weighted by Crippen LogP contribution is -2.55. The highest BCUT2D eigenvalue weighted by Gasteiger charge is 2.30. The van der Waals surface area contributed by atoms with Crippen molar-refractivity contribution in [2.75, 3.05) is 20.8 Å². The molecule has 0 heterocycles. The number of halogens is 1. The van der Waals surface area contributed by atoms with E-state index in [0.717, 1.165) is 5.56 Å². The summed E-state index contributed by atoms with van der Waals surface area (Å²) < 4.78 is 5.01. The lowest BCUT2D eigenvalue weighted by molar-refractivity contribution is -0.142. The molecule has 0 saturated heterocycles. The lowest BCUT2D eigenvalue weighted by atomic mass is 10.0. The number of carbonyl (C=O) groups excluding carboxylic acids is 2. The zero-order valence-corrected chi connectivity index (χ0v) is 16.4. The minimum absolute atomic E-state index is 0.0532. The van der Waals surface area contributed by atoms with E-state index < -0.39 is 35.9 Å². The van der Waals surface area contributed by atoms with E-state index in [4.69, 9.17) is 22.1 Å². The van der Waals surface area contributed by atoms with Gasteiger partial charge in [0.1, 0.15) is 6.04 Å². The second-order valence-electron chi connectivity index (χ2n) is 6.34. The van der Waals surface area contributed by atoms with Gasteiger partial charge in [-0.2, -0.15) is 0 Å². The number of amides is 2. The number of nitrogens with zero attached hydrogens (tertiary/aromatic N) is 1. The molecule has 0 spiro atoms. The molecule has 0 aliphatic heterocycles. The van der Waals surface area contributed by atoms with E-state index in [2.05, 4.69) is 5.32 Å². The van der Waals surface area contributed by atoms with Gasteiger partial charge in [-0.1, -0.05) is 23.7 Å². The van der Waals surface area contributed by atoms with Crippen LogP contribution in [0.15, 0.2) is 24.3 Å². The number of rotatable bonds is 10. The van der Waals surface area contributed by atoms with E-state index in [-0.39, 0.29) is 13.0 Å². The van der Waals surface area contributed by atoms with Gasteiger partial charge in [-0.15, -0.1) is 0 Å². The summed E-state index contributed by atoms with van der Waals surface area (Å²) in [6, 6.07) is 4.61. The molecular weight excluding hydrogens is 374 g/mol. The minimum atomic E-state index is -1.03. The van der Waals surface area contributed by atoms with Crippen molar-refractivity contribution in [3.05, 3.63) is 34.9 Å². The first-order chi connectivity index (χ1) is 12.6. The number of hydrogen-bond acceptors (Lipinski definition) is 5. The first-order valence-corrected chi connectivity index (χ1v) is 8.81. The number of ether oxygens (including phenoxy) is 1. The van der Waals surface area contributed by atoms with Gasteiger partial charge in [-0.25, -0.2) is 0 Å². The smallest absolute Gasteiger partial charge is 0.305 e. The summed E-state index contributed by atoms with van der Waals surface area (Å²) in [4.78, 5) is 37.3. The summed E-state index contributed by atoms with van der Waals surface area (Å²) >= 11 is 5.87. The maximum Gasteiger partial charge on any atom is 0.305 e. The van der Waals surface area contributed by atoms with E-state index in [1.807, 2.05) is 0 Å². The predicted octanol–water partition coefficient (Wildman–Crippen LogP) is 0.663. The number of benzene rings is 1. The summed E-state index contributed by atoms with van der Waals surface area (Å²) in [5.41, 5.74) is 6.37. The van der Waals surface area contributed by atoms with Crippen molar-refractivity contribution < 1.29 is 24.2 Å². The molecule has 0 radical (unpaired) electrons. The Kier molecular flexibility index (Phi) is 9.20. The van der Waals surface area contributed by atoms with E-state index in [1.165, 1.54) is 26.0 Å². The number of carboxylic acids is 1. The summed E-state index contributed by atoms with van der Waals surface area (Å²) in [6.07, 6.45) is 0.0818. The second-order valence-corrected chi connectivity index (χ2v) is 6.77. The number of likely N-dealkylation sites (N-methyl/N-ethyl adjacent to an activating group) is 1. The molecule has 0 fully saturated rings. The first kappa shape index (κ1) is 22.9. The number of nitrogens with two attached hydrogens (primary N) is 1. The van der Waals surface area contributed by atoms with Crippen LogP contribution in [0.4, 0.5) is 0 Å². The van der Waals surface area contributed by atoms with E-state index in [0.29, 0.717) is 11.4 Å². The van der Waals surface area contributed by atoms with Crippen LogP contribution in [-0.4, -0.2) is 66.7 Å². The number of nitrogens with one attached hydrogen (secondary N) is 1. The second kappa shape index (κ2) is 10.9. The molecule has 9 heteroatoms. The number of carboxylic acid groups (broad SMARTS) is 1. The Bertz CT molecular complexity index is 651. The molecule has 4 N–H and O–H groups in total. The van der Waals surface area contributed by atoms with Crippen LogP contribution in [0.25, 0.3) is 0 Å². The van der Waals surface area contributed by atoms with Crippen molar-refractivity contribution in [2.45, 2.75) is 37.9 Å². The summed E-state index contributed by atoms with van der Waals surface area (Å²) in [5.74, 6) is -1.98. The molecule has 0 bridgehead atoms. The third-order valence-corrected chi connectivity index (χ3v) is 4.30. The van der Waals surface area contributed by atoms with Crippen LogP contribution in [0.5, 0.6) is 0 Å². The molecule has 150 valence electrons. The quantitative estimate of drug-likeness (QED) is 0.531. The van der Waals surface area contributed by atoms with Gasteiger partial charge in [0, 0.05) is 25.2 Å². The molecule has 3 atom stereocenters. The molecule has 1 rings (SSSR count). The Morgan fingerprint density at radius 3 is 2.37 bits per heavy atom. The average Bonchev–Trinajstić information content (AvgIpc) is 2.60. The fourth-order valence-corrected chi connectivity index (χ4v) is 2.64. The molecule has 2 amide bonds. The SMILES string of the molecule is COCC(NC(=O)C(C)N)C(=O)N(C)C(CC(=O)O)Cc1ccc(Cl)cc1. The van der Waals surface area contributed by atoms with Gasteiger partial charge < -0.3 is 25.8 Å². The lowest BCUT2D eigenvalue weighted by Gasteiger charge is -2.31. The first-order valence-electron chi connectivity index (χ1n) is 8.43. The van der Waals surface area contributed by atoms with Gasteiger partial charge in [0.05, 0.1) is 19.1 Å². The maximum atomic E-state index is 12.8. The molecule has 3 unspecified atom stereocenters. The van der Waals surface area contributed by atoms with Crippen molar-refractivity contribution >= 4 is 29.4 Å². The number of carbonyl (C=O) groups is 3. The molecule has 1 aromatic rings. The molecule has 0 saturated carbocycles. The Labute approximate surface area is 163 Å². The van der Waals surface area contributed by atoms with Crippen LogP contribution in [0.3, 0.4) is 0 Å². The maximum absolute atomic E-state index is 12.8. The van der Waals surface area contributed by atoms with Crippen LogP contribution in [0.1, 0.15) is 18.9 Å². The minimum Gasteiger partial charge on any atom is -0.481 e. The van der Waals surface area contributed by atoms with Gasteiger partial charge in [-0.05, 0) is 31.0 Å². The standard InChI is InChI=1S/C18H26ClN3O5/c1-11(20)17(25)21-15(10-27-3)18(26)22(2)14(9-16(23)24)8-12-4-6-13(19)7-5-12/h4-7,11,14-15H,8-10,20H2,1-3H3,(H,21,25)(H,23,24). The Morgan fingerprint density at radius 2 is 1.89 bits per heavy atom. The Morgan fingerprint density at radius 1 is 1.30 bits per heavy atom. The van der Waals surface area contributed by atoms with Gasteiger partial charge in [-0.3, -0.25) is 14.4 Å². The molecule has 27 heavy (non-hydrogen) atoms. The average molecular weight is 400 g/mol. The van der Waals surface area contributed by atoms with Gasteiger partial charge in [0.15, 0.2) is 0 Å². The third-order valence-electron chi connectivity index (χ3n) is 4.05. The van der Waals surface area contributed by atoms with E-state index in [9.17, 15) is 19.5 Å². The monoisotopic (exact) mass is 399 g/mol. The van der Waals surface area contributed by atoms with Crippen molar-refractivity contribution in [3.63, 3.8) is 0 Å². The molecule has 0 aliphatic carbocycles. The predicted molar refractivity (Wildman–Crippen MR) is 101 cm³/mol. The van der Waals surface area contributed by atoms with E-state index >= 15 is 0 Å². The molecule has 0 aromatic heterocycles. The normalized spacial score (nSPS) is 14.1. The molecular formula is C18H26ClN3O5. The fourth-order valence-electron chi connectivity index (χ4n) is 2.51. The van der Waals surface area contributed by atoms with Gasteiger partial charge >= 0.3 is 5.97 Å². The highest BCUT2D eigenvalue weighted by Crippen LogP contribution is 2.16. The molecule has 1 aromatic carbocycles. The van der Waals surface area contributed by atoms with Crippen LogP contribution < -0.4 is 11.1 Å². The van der Waals surface area contributed by atoms with Crippen molar-refractivity contribution in [1.29, 1.82) is 0 Å². The van der Waals surface area contributed by atoms with Gasteiger partial charge in [0.2, 0.25) is 11.8 Å². The fraction of sp³-hybridized carbons (Fsp3) is 0.500. The Balaban J connectivity index is 2.97. The van der Waals surface area contributed by atoms with Gasteiger partial charge in [0.25, 0.3) is 0 Å². The van der Waals surface area contributed by atoms with Crippen molar-refractivity contribution in [3.8, 4) is 0 Å². The summed E-state index contributed by atoms with van der Waals surface area (Å²) in [5, 5.41) is 12.3. The molecule has 8 nitrogen and oxygen atoms in total.